The molecule has 5 rings (SSSR count). The molecule has 0 amide bonds. The number of methoxy groups -OCH3 is 2. The van der Waals surface area contributed by atoms with Gasteiger partial charge in [0, 0.05) is 23.3 Å². The first-order valence-electron chi connectivity index (χ1n) is 11.4. The van der Waals surface area contributed by atoms with Gasteiger partial charge in [-0.1, -0.05) is 0 Å². The molecular formula is C26H24O12. The Hall–Kier alpha value is -4.55. The van der Waals surface area contributed by atoms with Crippen LogP contribution in [-0.4, -0.2) is 69.5 Å². The van der Waals surface area contributed by atoms with E-state index < -0.39 is 48.3 Å². The van der Waals surface area contributed by atoms with Gasteiger partial charge < -0.3 is 54.3 Å². The summed E-state index contributed by atoms with van der Waals surface area (Å²) in [5.74, 6) is -2.43. The van der Waals surface area contributed by atoms with Crippen molar-refractivity contribution in [2.24, 2.45) is 0 Å². The number of benzene rings is 3. The maximum atomic E-state index is 12.8. The van der Waals surface area contributed by atoms with Gasteiger partial charge in [0.1, 0.15) is 22.8 Å². The summed E-state index contributed by atoms with van der Waals surface area (Å²) in [6.45, 7) is -0.506. The fourth-order valence-electron chi connectivity index (χ4n) is 4.56. The second kappa shape index (κ2) is 9.39. The Morgan fingerprint density at radius 3 is 2.08 bits per heavy atom. The third kappa shape index (κ3) is 3.99. The molecule has 12 nitrogen and oxygen atoms in total. The summed E-state index contributed by atoms with van der Waals surface area (Å²) in [7, 11) is 2.71. The number of phenolic OH excluding ortho intramolecular Hbond substituents is 4. The van der Waals surface area contributed by atoms with Crippen LogP contribution in [0.5, 0.6) is 51.7 Å². The fraction of sp³-hybridized carbons (Fsp3) is 0.269. The van der Waals surface area contributed by atoms with Crippen molar-refractivity contribution in [3.8, 4) is 51.7 Å². The van der Waals surface area contributed by atoms with Crippen molar-refractivity contribution in [2.75, 3.05) is 20.8 Å². The molecule has 6 N–H and O–H groups in total. The van der Waals surface area contributed by atoms with Crippen molar-refractivity contribution in [1.82, 2.24) is 0 Å². The van der Waals surface area contributed by atoms with Gasteiger partial charge in [-0.2, -0.15) is 0 Å². The van der Waals surface area contributed by atoms with Gasteiger partial charge in [0.2, 0.25) is 17.3 Å². The van der Waals surface area contributed by atoms with E-state index in [1.165, 1.54) is 38.5 Å². The Morgan fingerprint density at radius 1 is 0.789 bits per heavy atom. The molecule has 0 aliphatic carbocycles. The number of aliphatic hydroxyl groups excluding tert-OH is 2. The average molecular weight is 528 g/mol. The van der Waals surface area contributed by atoms with E-state index in [-0.39, 0.29) is 51.4 Å². The Bertz CT molecular complexity index is 1390. The lowest BCUT2D eigenvalue weighted by atomic mass is 9.92. The average Bonchev–Trinajstić information content (AvgIpc) is 2.89. The second-order valence-electron chi connectivity index (χ2n) is 8.70. The van der Waals surface area contributed by atoms with E-state index in [1.807, 2.05) is 0 Å². The zero-order valence-electron chi connectivity index (χ0n) is 20.1. The monoisotopic (exact) mass is 528 g/mol. The number of phenols is 4. The van der Waals surface area contributed by atoms with Crippen LogP contribution in [0.3, 0.4) is 0 Å². The van der Waals surface area contributed by atoms with E-state index >= 15 is 0 Å². The zero-order chi connectivity index (χ0) is 27.3. The van der Waals surface area contributed by atoms with Crippen molar-refractivity contribution in [2.45, 2.75) is 24.4 Å². The summed E-state index contributed by atoms with van der Waals surface area (Å²) < 4.78 is 28.0. The number of ether oxygens (including phenoxy) is 5. The van der Waals surface area contributed by atoms with Crippen LogP contribution in [0.2, 0.25) is 0 Å². The molecule has 0 radical (unpaired) electrons. The standard InChI is InChI=1S/C26H24O12/c1-34-16-4-11(5-17(35-2)21(16)31)24-19(9-27)36-18-6-10(3-14(30)26(18)38-24)25-23(33)22(32)20-13(29)7-12(28)8-15(20)37-25/h3-8,19,23-25,27-31,33H,9H2,1-2H3/t19?,23-,24?,25+/m1/s1. The molecule has 4 atom stereocenters. The minimum Gasteiger partial charge on any atom is -0.508 e. The molecule has 0 saturated carbocycles. The lowest BCUT2D eigenvalue weighted by molar-refractivity contribution is -0.0148. The zero-order valence-corrected chi connectivity index (χ0v) is 20.1. The number of carbonyl (C=O) groups excluding carboxylic acids is 1. The number of ketones is 1. The summed E-state index contributed by atoms with van der Waals surface area (Å²) in [5, 5.41) is 61.6. The first-order valence-corrected chi connectivity index (χ1v) is 11.4. The highest BCUT2D eigenvalue weighted by Crippen LogP contribution is 2.50. The van der Waals surface area contributed by atoms with Crippen LogP contribution in [0.1, 0.15) is 33.7 Å². The van der Waals surface area contributed by atoms with Crippen LogP contribution in [-0.2, 0) is 0 Å². The normalized spacial score (nSPS) is 21.8. The molecule has 0 spiro atoms. The number of fused-ring (bicyclic) bond motifs is 2. The van der Waals surface area contributed by atoms with Gasteiger partial charge in [-0.3, -0.25) is 4.79 Å². The van der Waals surface area contributed by atoms with Gasteiger partial charge in [0.15, 0.2) is 47.4 Å². The predicted octanol–water partition coefficient (Wildman–Crippen LogP) is 2.08. The van der Waals surface area contributed by atoms with Crippen molar-refractivity contribution in [1.29, 1.82) is 0 Å². The molecule has 0 aromatic heterocycles. The molecule has 38 heavy (non-hydrogen) atoms. The summed E-state index contributed by atoms with van der Waals surface area (Å²) in [6.07, 6.45) is -5.02. The molecule has 2 unspecified atom stereocenters. The Labute approximate surface area is 215 Å². The van der Waals surface area contributed by atoms with Crippen LogP contribution in [0.25, 0.3) is 0 Å². The highest BCUT2D eigenvalue weighted by molar-refractivity contribution is 6.05. The van der Waals surface area contributed by atoms with Gasteiger partial charge in [-0.25, -0.2) is 0 Å². The van der Waals surface area contributed by atoms with E-state index in [2.05, 4.69) is 0 Å². The van der Waals surface area contributed by atoms with Crippen molar-refractivity contribution >= 4 is 5.78 Å². The SMILES string of the molecule is COc1cc(C2Oc3c(O)cc([C@@H]4Oc5cc(O)cc(O)c5C(=O)[C@H]4O)cc3OC2CO)cc(OC)c1O. The van der Waals surface area contributed by atoms with Gasteiger partial charge in [-0.05, 0) is 24.3 Å². The lowest BCUT2D eigenvalue weighted by Crippen LogP contribution is -2.37. The molecule has 12 heteroatoms. The molecule has 0 fully saturated rings. The molecule has 2 heterocycles. The molecular weight excluding hydrogens is 504 g/mol. The van der Waals surface area contributed by atoms with Gasteiger partial charge in [0.05, 0.1) is 20.8 Å². The van der Waals surface area contributed by atoms with Crippen LogP contribution in [0.4, 0.5) is 0 Å². The Balaban J connectivity index is 1.52. The summed E-state index contributed by atoms with van der Waals surface area (Å²) >= 11 is 0. The van der Waals surface area contributed by atoms with Crippen LogP contribution < -0.4 is 23.7 Å². The van der Waals surface area contributed by atoms with Crippen LogP contribution in [0, 0.1) is 0 Å². The Kier molecular flexibility index (Phi) is 6.21. The summed E-state index contributed by atoms with van der Waals surface area (Å²) in [5.41, 5.74) is 0.260. The van der Waals surface area contributed by atoms with Crippen LogP contribution in [0.15, 0.2) is 36.4 Å². The fourth-order valence-corrected chi connectivity index (χ4v) is 4.56. The highest BCUT2D eigenvalue weighted by Gasteiger charge is 2.41. The smallest absolute Gasteiger partial charge is 0.204 e. The second-order valence-corrected chi connectivity index (χ2v) is 8.70. The molecule has 2 aliphatic rings. The van der Waals surface area contributed by atoms with Crippen LogP contribution >= 0.6 is 0 Å². The van der Waals surface area contributed by atoms with E-state index in [0.29, 0.717) is 5.56 Å². The maximum Gasteiger partial charge on any atom is 0.204 e. The van der Waals surface area contributed by atoms with E-state index in [1.54, 1.807) is 0 Å². The number of carbonyl (C=O) groups is 1. The molecule has 0 saturated heterocycles. The first-order chi connectivity index (χ1) is 18.2. The van der Waals surface area contributed by atoms with E-state index in [4.69, 9.17) is 23.7 Å². The number of rotatable bonds is 5. The third-order valence-corrected chi connectivity index (χ3v) is 6.38. The quantitative estimate of drug-likeness (QED) is 0.284. The lowest BCUT2D eigenvalue weighted by Gasteiger charge is -2.35. The summed E-state index contributed by atoms with van der Waals surface area (Å²) in [6, 6.07) is 7.62. The minimum atomic E-state index is -1.75. The topological polar surface area (TPSA) is 185 Å². The molecule has 0 bridgehead atoms. The number of hydrogen-bond donors (Lipinski definition) is 6. The molecule has 200 valence electrons. The number of aromatic hydroxyl groups is 4. The maximum absolute atomic E-state index is 12.8. The Morgan fingerprint density at radius 2 is 1.45 bits per heavy atom. The predicted molar refractivity (Wildman–Crippen MR) is 128 cm³/mol. The molecule has 3 aromatic carbocycles. The number of aliphatic hydroxyl groups is 2. The van der Waals surface area contributed by atoms with Crippen molar-refractivity contribution < 1.29 is 59.1 Å². The number of Topliss-reactive ketones (excluding diaryl/α,β-unsaturated/α-hetero) is 1. The third-order valence-electron chi connectivity index (χ3n) is 6.38. The van der Waals surface area contributed by atoms with Gasteiger partial charge in [-0.15, -0.1) is 0 Å². The summed E-state index contributed by atoms with van der Waals surface area (Å²) in [4.78, 5) is 12.8. The number of hydrogen-bond acceptors (Lipinski definition) is 12. The molecule has 2 aliphatic heterocycles. The van der Waals surface area contributed by atoms with Gasteiger partial charge in [0.25, 0.3) is 0 Å². The largest absolute Gasteiger partial charge is 0.508 e. The first kappa shape index (κ1) is 25.1. The van der Waals surface area contributed by atoms with Crippen molar-refractivity contribution in [3.05, 3.63) is 53.1 Å². The highest BCUT2D eigenvalue weighted by atomic mass is 16.6. The molecule has 3 aromatic rings. The van der Waals surface area contributed by atoms with E-state index in [0.717, 1.165) is 12.1 Å². The van der Waals surface area contributed by atoms with Gasteiger partial charge >= 0.3 is 0 Å². The van der Waals surface area contributed by atoms with Crippen molar-refractivity contribution in [3.63, 3.8) is 0 Å². The van der Waals surface area contributed by atoms with E-state index in [9.17, 15) is 35.4 Å². The minimum absolute atomic E-state index is 0.000750.